The molecule has 2 unspecified atom stereocenters. The first-order valence-corrected chi connectivity index (χ1v) is 44.1. The fraction of sp³-hybridized carbons (Fsp3) is 0.949. The Hall–Kier alpha value is -1.94. The van der Waals surface area contributed by atoms with Crippen LogP contribution < -0.4 is 0 Å². The van der Waals surface area contributed by atoms with E-state index in [1.165, 1.54) is 238 Å². The molecule has 0 saturated heterocycles. The Morgan fingerprint density at radius 3 is 0.694 bits per heavy atom. The Morgan fingerprint density at radius 1 is 0.276 bits per heavy atom. The third-order valence-electron chi connectivity index (χ3n) is 18.5. The van der Waals surface area contributed by atoms with Crippen LogP contribution >= 0.6 is 15.6 Å². The van der Waals surface area contributed by atoms with Crippen LogP contribution in [0.4, 0.5) is 0 Å². The van der Waals surface area contributed by atoms with Gasteiger partial charge in [0.15, 0.2) is 12.2 Å². The zero-order chi connectivity index (χ0) is 71.9. The van der Waals surface area contributed by atoms with Gasteiger partial charge in [0.05, 0.1) is 26.4 Å². The Kier molecular flexibility index (Phi) is 70.6. The number of phosphoric acid groups is 2. The molecule has 3 N–H and O–H groups in total. The number of phosphoric ester groups is 2. The monoisotopic (exact) mass is 1440 g/mol. The first-order chi connectivity index (χ1) is 47.5. The van der Waals surface area contributed by atoms with Crippen molar-refractivity contribution in [2.75, 3.05) is 39.6 Å². The van der Waals surface area contributed by atoms with Gasteiger partial charge in [0.2, 0.25) is 0 Å². The third-order valence-corrected chi connectivity index (χ3v) is 20.4. The normalized spacial score (nSPS) is 13.9. The van der Waals surface area contributed by atoms with Gasteiger partial charge in [-0.25, -0.2) is 9.13 Å². The van der Waals surface area contributed by atoms with E-state index in [-0.39, 0.29) is 25.7 Å². The van der Waals surface area contributed by atoms with Crippen molar-refractivity contribution in [3.63, 3.8) is 0 Å². The van der Waals surface area contributed by atoms with E-state index in [1.807, 2.05) is 0 Å². The molecule has 582 valence electrons. The number of aliphatic hydroxyl groups excluding tert-OH is 1. The van der Waals surface area contributed by atoms with E-state index in [1.54, 1.807) is 0 Å². The summed E-state index contributed by atoms with van der Waals surface area (Å²) in [6.45, 7) is 7.29. The second kappa shape index (κ2) is 72.0. The molecule has 5 atom stereocenters. The quantitative estimate of drug-likeness (QED) is 0.0222. The third kappa shape index (κ3) is 72.4. The molecule has 0 saturated carbocycles. The summed E-state index contributed by atoms with van der Waals surface area (Å²) in [7, 11) is -9.91. The van der Waals surface area contributed by atoms with Crippen molar-refractivity contribution in [1.29, 1.82) is 0 Å². The van der Waals surface area contributed by atoms with Gasteiger partial charge in [0.25, 0.3) is 0 Å². The summed E-state index contributed by atoms with van der Waals surface area (Å²) in [6, 6.07) is 0. The van der Waals surface area contributed by atoms with Gasteiger partial charge in [0, 0.05) is 25.7 Å². The van der Waals surface area contributed by atoms with Crippen LogP contribution in [-0.2, 0) is 65.4 Å². The molecule has 0 aromatic carbocycles. The molecule has 0 spiro atoms. The zero-order valence-corrected chi connectivity index (χ0v) is 65.7. The lowest BCUT2D eigenvalue weighted by atomic mass is 10.0. The minimum Gasteiger partial charge on any atom is -0.462 e. The van der Waals surface area contributed by atoms with E-state index < -0.39 is 97.5 Å². The van der Waals surface area contributed by atoms with Gasteiger partial charge in [-0.3, -0.25) is 37.3 Å². The summed E-state index contributed by atoms with van der Waals surface area (Å²) in [4.78, 5) is 72.9. The van der Waals surface area contributed by atoms with E-state index >= 15 is 0 Å². The Bertz CT molecular complexity index is 1870. The molecule has 0 heterocycles. The van der Waals surface area contributed by atoms with Crippen LogP contribution in [0.15, 0.2) is 0 Å². The highest BCUT2D eigenvalue weighted by atomic mass is 31.2. The molecular formula is C79H154O17P2. The predicted octanol–water partition coefficient (Wildman–Crippen LogP) is 23.6. The van der Waals surface area contributed by atoms with E-state index in [0.29, 0.717) is 25.7 Å². The van der Waals surface area contributed by atoms with Crippen molar-refractivity contribution in [2.45, 2.75) is 438 Å². The molecule has 0 aromatic rings. The van der Waals surface area contributed by atoms with Gasteiger partial charge >= 0.3 is 39.5 Å². The summed E-state index contributed by atoms with van der Waals surface area (Å²) < 4.78 is 68.6. The van der Waals surface area contributed by atoms with Crippen molar-refractivity contribution in [2.24, 2.45) is 5.92 Å². The van der Waals surface area contributed by atoms with Gasteiger partial charge in [0.1, 0.15) is 19.3 Å². The number of hydrogen-bond acceptors (Lipinski definition) is 15. The minimum atomic E-state index is -4.96. The summed E-state index contributed by atoms with van der Waals surface area (Å²) in [6.07, 6.45) is 62.5. The molecule has 0 fully saturated rings. The molecule has 0 rings (SSSR count). The number of carbonyl (C=O) groups excluding carboxylic acids is 4. The van der Waals surface area contributed by atoms with Gasteiger partial charge in [-0.1, -0.05) is 369 Å². The maximum atomic E-state index is 13.1. The predicted molar refractivity (Wildman–Crippen MR) is 400 cm³/mol. The molecule has 0 aliphatic heterocycles. The van der Waals surface area contributed by atoms with Crippen LogP contribution in [0.5, 0.6) is 0 Å². The van der Waals surface area contributed by atoms with Gasteiger partial charge in [-0.15, -0.1) is 0 Å². The lowest BCUT2D eigenvalue weighted by molar-refractivity contribution is -0.161. The van der Waals surface area contributed by atoms with Crippen LogP contribution in [0.1, 0.15) is 420 Å². The molecule has 98 heavy (non-hydrogen) atoms. The fourth-order valence-electron chi connectivity index (χ4n) is 12.2. The number of rotatable bonds is 79. The molecule has 17 nitrogen and oxygen atoms in total. The number of hydrogen-bond donors (Lipinski definition) is 3. The topological polar surface area (TPSA) is 237 Å². The Labute approximate surface area is 600 Å². The van der Waals surface area contributed by atoms with Gasteiger partial charge in [-0.05, 0) is 31.6 Å². The largest absolute Gasteiger partial charge is 0.472 e. The first kappa shape index (κ1) is 96.1. The average molecular weight is 1440 g/mol. The molecule has 0 bridgehead atoms. The van der Waals surface area contributed by atoms with Crippen molar-refractivity contribution in [3.05, 3.63) is 0 Å². The SMILES string of the molecule is CCCCCCCCCCCCCCCCCCCCCC(=O)O[C@H](COC(=O)CCCCCCCCCCCCCCCCCCC)COP(=O)(O)OC[C@@H](O)COP(=O)(O)OC[C@@H](COC(=O)CCCCCCCCCC)OC(=O)CCCCCCCCCCCCCC(C)C. The van der Waals surface area contributed by atoms with Crippen molar-refractivity contribution < 1.29 is 80.2 Å². The van der Waals surface area contributed by atoms with E-state index in [2.05, 4.69) is 34.6 Å². The van der Waals surface area contributed by atoms with Crippen molar-refractivity contribution in [3.8, 4) is 0 Å². The lowest BCUT2D eigenvalue weighted by Crippen LogP contribution is -2.30. The van der Waals surface area contributed by atoms with Crippen molar-refractivity contribution >= 4 is 39.5 Å². The number of carbonyl (C=O) groups is 4. The van der Waals surface area contributed by atoms with Crippen LogP contribution in [0, 0.1) is 5.92 Å². The van der Waals surface area contributed by atoms with E-state index in [4.69, 9.17) is 37.0 Å². The van der Waals surface area contributed by atoms with Crippen LogP contribution in [-0.4, -0.2) is 96.7 Å². The molecule has 0 amide bonds. The average Bonchev–Trinajstić information content (AvgIpc) is 1.07. The smallest absolute Gasteiger partial charge is 0.462 e. The highest BCUT2D eigenvalue weighted by Gasteiger charge is 2.30. The van der Waals surface area contributed by atoms with Gasteiger partial charge < -0.3 is 33.8 Å². The van der Waals surface area contributed by atoms with Crippen molar-refractivity contribution in [1.82, 2.24) is 0 Å². The molecule has 0 aliphatic rings. The summed E-state index contributed by atoms with van der Waals surface area (Å²) in [5.41, 5.74) is 0. The standard InChI is InChI=1S/C79H154O17P2/c1-6-9-12-15-18-21-23-25-27-29-30-32-34-36-40-44-49-54-59-64-78(83)96-75(69-90-77(82)63-58-53-48-43-39-35-33-31-28-26-24-22-19-16-13-10-7-2)71-94-98(87,88)92-67-73(80)66-91-97(85,86)93-70-74(68-89-76(81)62-57-52-47-20-17-14-11-8-3)95-79(84)65-60-55-50-45-41-37-38-42-46-51-56-61-72(4)5/h72-75,80H,6-71H2,1-5H3,(H,85,86)(H,87,88)/t73-,74+,75+/m0/s1. The molecular weight excluding hydrogens is 1280 g/mol. The van der Waals surface area contributed by atoms with Crippen LogP contribution in [0.2, 0.25) is 0 Å². The Morgan fingerprint density at radius 2 is 0.469 bits per heavy atom. The number of unbranched alkanes of at least 4 members (excludes halogenated alkanes) is 51. The summed E-state index contributed by atoms with van der Waals surface area (Å²) in [5, 5.41) is 10.6. The first-order valence-electron chi connectivity index (χ1n) is 41.1. The minimum absolute atomic E-state index is 0.107. The molecule has 0 aliphatic carbocycles. The molecule has 19 heteroatoms. The van der Waals surface area contributed by atoms with E-state index in [0.717, 1.165) is 102 Å². The Balaban J connectivity index is 5.20. The number of ether oxygens (including phenoxy) is 4. The lowest BCUT2D eigenvalue weighted by Gasteiger charge is -2.21. The number of aliphatic hydroxyl groups is 1. The second-order valence-corrected chi connectivity index (χ2v) is 31.8. The molecule has 0 aromatic heterocycles. The highest BCUT2D eigenvalue weighted by Crippen LogP contribution is 2.45. The van der Waals surface area contributed by atoms with Crippen LogP contribution in [0.3, 0.4) is 0 Å². The summed E-state index contributed by atoms with van der Waals surface area (Å²) in [5.74, 6) is -1.35. The fourth-order valence-corrected chi connectivity index (χ4v) is 13.8. The van der Waals surface area contributed by atoms with E-state index in [9.17, 15) is 43.2 Å². The van der Waals surface area contributed by atoms with Crippen LogP contribution in [0.25, 0.3) is 0 Å². The highest BCUT2D eigenvalue weighted by molar-refractivity contribution is 7.47. The van der Waals surface area contributed by atoms with Gasteiger partial charge in [-0.2, -0.15) is 0 Å². The second-order valence-electron chi connectivity index (χ2n) is 28.9. The number of esters is 4. The maximum absolute atomic E-state index is 13.1. The zero-order valence-electron chi connectivity index (χ0n) is 63.9. The molecule has 0 radical (unpaired) electrons. The summed E-state index contributed by atoms with van der Waals surface area (Å²) >= 11 is 0. The maximum Gasteiger partial charge on any atom is 0.472 e.